The molecule has 0 unspecified atom stereocenters. The zero-order valence-electron chi connectivity index (χ0n) is 12.8. The fourth-order valence-corrected chi connectivity index (χ4v) is 3.27. The molecule has 3 rings (SSSR count). The minimum Gasteiger partial charge on any atom is -0.338 e. The second-order valence-corrected chi connectivity index (χ2v) is 7.47. The van der Waals surface area contributed by atoms with Gasteiger partial charge in [0.15, 0.2) is 0 Å². The molecule has 0 aliphatic rings. The van der Waals surface area contributed by atoms with Crippen molar-refractivity contribution in [2.45, 2.75) is 12.3 Å². The van der Waals surface area contributed by atoms with E-state index in [1.807, 2.05) is 0 Å². The Bertz CT molecular complexity index is 957. The first-order valence-electron chi connectivity index (χ1n) is 7.22. The van der Waals surface area contributed by atoms with Crippen LogP contribution < -0.4 is 4.72 Å². The number of hydrogen-bond acceptors (Lipinski definition) is 5. The molecule has 0 aliphatic heterocycles. The van der Waals surface area contributed by atoms with E-state index in [1.165, 1.54) is 24.3 Å². The van der Waals surface area contributed by atoms with Gasteiger partial charge in [-0.25, -0.2) is 17.5 Å². The fraction of sp³-hybridized carbons (Fsp3) is 0.125. The van der Waals surface area contributed by atoms with Crippen LogP contribution in [-0.2, 0) is 22.3 Å². The molecule has 0 spiro atoms. The van der Waals surface area contributed by atoms with Crippen molar-refractivity contribution in [1.29, 1.82) is 0 Å². The Balaban J connectivity index is 1.63. The van der Waals surface area contributed by atoms with E-state index >= 15 is 0 Å². The summed E-state index contributed by atoms with van der Waals surface area (Å²) in [7, 11) is -3.62. The standard InChI is InChI=1S/C16H13ClFN3O3S/c17-13-5-3-12(4-6-13)16-20-15(24-21-16)9-19-25(22,23)10-11-1-7-14(18)8-2-11/h1-8,19H,9-10H2. The van der Waals surface area contributed by atoms with E-state index in [4.69, 9.17) is 16.1 Å². The Morgan fingerprint density at radius 3 is 2.44 bits per heavy atom. The van der Waals surface area contributed by atoms with E-state index < -0.39 is 15.8 Å². The molecular formula is C16H13ClFN3O3S. The van der Waals surface area contributed by atoms with Crippen LogP contribution in [0.3, 0.4) is 0 Å². The van der Waals surface area contributed by atoms with E-state index in [-0.39, 0.29) is 18.2 Å². The van der Waals surface area contributed by atoms with Gasteiger partial charge in [0, 0.05) is 10.6 Å². The monoisotopic (exact) mass is 381 g/mol. The lowest BCUT2D eigenvalue weighted by molar-refractivity contribution is 0.376. The first kappa shape index (κ1) is 17.5. The zero-order chi connectivity index (χ0) is 17.9. The van der Waals surface area contributed by atoms with E-state index in [2.05, 4.69) is 14.9 Å². The number of aromatic nitrogens is 2. The minimum absolute atomic E-state index is 0.132. The van der Waals surface area contributed by atoms with Crippen LogP contribution in [0.15, 0.2) is 53.1 Å². The van der Waals surface area contributed by atoms with Crippen molar-refractivity contribution in [3.05, 3.63) is 70.8 Å². The third kappa shape index (κ3) is 4.85. The number of halogens is 2. The Labute approximate surface area is 148 Å². The van der Waals surface area contributed by atoms with Gasteiger partial charge in [-0.1, -0.05) is 28.9 Å². The first-order valence-corrected chi connectivity index (χ1v) is 9.25. The van der Waals surface area contributed by atoms with Gasteiger partial charge in [-0.3, -0.25) is 0 Å². The molecule has 0 saturated heterocycles. The molecule has 25 heavy (non-hydrogen) atoms. The number of nitrogens with zero attached hydrogens (tertiary/aromatic N) is 2. The molecule has 0 fully saturated rings. The predicted octanol–water partition coefficient (Wildman–Crippen LogP) is 3.15. The summed E-state index contributed by atoms with van der Waals surface area (Å²) in [6.07, 6.45) is 0. The maximum Gasteiger partial charge on any atom is 0.242 e. The minimum atomic E-state index is -3.62. The fourth-order valence-electron chi connectivity index (χ4n) is 2.07. The van der Waals surface area contributed by atoms with E-state index in [0.29, 0.717) is 22.0 Å². The molecule has 0 atom stereocenters. The number of benzene rings is 2. The van der Waals surface area contributed by atoms with Gasteiger partial charge in [0.25, 0.3) is 0 Å². The van der Waals surface area contributed by atoms with Crippen LogP contribution in [0.4, 0.5) is 4.39 Å². The molecule has 1 N–H and O–H groups in total. The summed E-state index contributed by atoms with van der Waals surface area (Å²) in [5, 5.41) is 4.39. The first-order chi connectivity index (χ1) is 11.9. The van der Waals surface area contributed by atoms with Crippen molar-refractivity contribution in [3.63, 3.8) is 0 Å². The average molecular weight is 382 g/mol. The number of rotatable bonds is 6. The summed E-state index contributed by atoms with van der Waals surface area (Å²) in [6.45, 7) is -0.135. The highest BCUT2D eigenvalue weighted by atomic mass is 35.5. The van der Waals surface area contributed by atoms with Crippen molar-refractivity contribution in [2.75, 3.05) is 0 Å². The molecule has 130 valence electrons. The quantitative estimate of drug-likeness (QED) is 0.709. The highest BCUT2D eigenvalue weighted by Gasteiger charge is 2.15. The van der Waals surface area contributed by atoms with Crippen LogP contribution >= 0.6 is 11.6 Å². The Kier molecular flexibility index (Phi) is 5.12. The maximum absolute atomic E-state index is 12.9. The van der Waals surface area contributed by atoms with Gasteiger partial charge in [0.2, 0.25) is 21.7 Å². The molecular weight excluding hydrogens is 369 g/mol. The topological polar surface area (TPSA) is 85.1 Å². The van der Waals surface area contributed by atoms with Crippen LogP contribution in [0.1, 0.15) is 11.5 Å². The van der Waals surface area contributed by atoms with E-state index in [1.54, 1.807) is 24.3 Å². The Morgan fingerprint density at radius 1 is 1.08 bits per heavy atom. The third-order valence-electron chi connectivity index (χ3n) is 3.28. The second kappa shape index (κ2) is 7.30. The van der Waals surface area contributed by atoms with Crippen LogP contribution in [0.25, 0.3) is 11.4 Å². The predicted molar refractivity (Wildman–Crippen MR) is 90.6 cm³/mol. The summed E-state index contributed by atoms with van der Waals surface area (Å²) in [5.74, 6) is -0.224. The molecule has 9 heteroatoms. The van der Waals surface area contributed by atoms with Crippen LogP contribution in [0.5, 0.6) is 0 Å². The van der Waals surface area contributed by atoms with Crippen molar-refractivity contribution < 1.29 is 17.3 Å². The lowest BCUT2D eigenvalue weighted by Crippen LogP contribution is -2.24. The van der Waals surface area contributed by atoms with Crippen LogP contribution in [0.2, 0.25) is 5.02 Å². The molecule has 3 aromatic rings. The highest BCUT2D eigenvalue weighted by Crippen LogP contribution is 2.18. The summed E-state index contributed by atoms with van der Waals surface area (Å²) < 4.78 is 44.4. The zero-order valence-corrected chi connectivity index (χ0v) is 14.4. The van der Waals surface area contributed by atoms with Crippen LogP contribution in [0, 0.1) is 5.82 Å². The molecule has 0 radical (unpaired) electrons. The SMILES string of the molecule is O=S(=O)(Cc1ccc(F)cc1)NCc1nc(-c2ccc(Cl)cc2)no1. The number of sulfonamides is 1. The summed E-state index contributed by atoms with van der Waals surface area (Å²) >= 11 is 5.82. The van der Waals surface area contributed by atoms with Gasteiger partial charge >= 0.3 is 0 Å². The number of hydrogen-bond donors (Lipinski definition) is 1. The van der Waals surface area contributed by atoms with E-state index in [9.17, 15) is 12.8 Å². The van der Waals surface area contributed by atoms with Crippen molar-refractivity contribution in [3.8, 4) is 11.4 Å². The normalized spacial score (nSPS) is 11.6. The van der Waals surface area contributed by atoms with Gasteiger partial charge in [0.05, 0.1) is 12.3 Å². The van der Waals surface area contributed by atoms with Gasteiger partial charge in [0.1, 0.15) is 5.82 Å². The molecule has 0 bridgehead atoms. The van der Waals surface area contributed by atoms with Crippen molar-refractivity contribution in [1.82, 2.24) is 14.9 Å². The Hall–Kier alpha value is -2.29. The van der Waals surface area contributed by atoms with Gasteiger partial charge in [-0.2, -0.15) is 4.98 Å². The maximum atomic E-state index is 12.9. The smallest absolute Gasteiger partial charge is 0.242 e. The lowest BCUT2D eigenvalue weighted by atomic mass is 10.2. The molecule has 1 aromatic heterocycles. The third-order valence-corrected chi connectivity index (χ3v) is 4.83. The molecule has 0 amide bonds. The molecule has 0 aliphatic carbocycles. The molecule has 1 heterocycles. The van der Waals surface area contributed by atoms with Gasteiger partial charge in [-0.15, -0.1) is 0 Å². The molecule has 6 nitrogen and oxygen atoms in total. The summed E-state index contributed by atoms with van der Waals surface area (Å²) in [6, 6.07) is 12.1. The van der Waals surface area contributed by atoms with Crippen molar-refractivity contribution >= 4 is 21.6 Å². The van der Waals surface area contributed by atoms with Crippen molar-refractivity contribution in [2.24, 2.45) is 0 Å². The van der Waals surface area contributed by atoms with Gasteiger partial charge in [-0.05, 0) is 42.0 Å². The average Bonchev–Trinajstić information content (AvgIpc) is 3.05. The van der Waals surface area contributed by atoms with Gasteiger partial charge < -0.3 is 4.52 Å². The van der Waals surface area contributed by atoms with E-state index in [0.717, 1.165) is 0 Å². The lowest BCUT2D eigenvalue weighted by Gasteiger charge is -2.04. The largest absolute Gasteiger partial charge is 0.338 e. The Morgan fingerprint density at radius 2 is 1.76 bits per heavy atom. The van der Waals surface area contributed by atoms with Crippen LogP contribution in [-0.4, -0.2) is 18.6 Å². The summed E-state index contributed by atoms with van der Waals surface area (Å²) in [5.41, 5.74) is 1.18. The number of nitrogens with one attached hydrogen (secondary N) is 1. The molecule has 0 saturated carbocycles. The second-order valence-electron chi connectivity index (χ2n) is 5.23. The highest BCUT2D eigenvalue weighted by molar-refractivity contribution is 7.88. The summed E-state index contributed by atoms with van der Waals surface area (Å²) in [4.78, 5) is 4.13. The molecule has 2 aromatic carbocycles.